The molecule has 0 fully saturated rings. The highest BCUT2D eigenvalue weighted by Gasteiger charge is 2.13. The van der Waals surface area contributed by atoms with Crippen LogP contribution in [0.5, 0.6) is 0 Å². The van der Waals surface area contributed by atoms with Gasteiger partial charge in [0.2, 0.25) is 0 Å². The van der Waals surface area contributed by atoms with E-state index in [4.69, 9.17) is 5.11 Å². The lowest BCUT2D eigenvalue weighted by atomic mass is 10.1. The first-order chi connectivity index (χ1) is 8.58. The molecule has 0 saturated carbocycles. The SMILES string of the molecule is CCC(O)CCNc1cc(CO)ccc1[N+](=O)[O-]. The lowest BCUT2D eigenvalue weighted by Crippen LogP contribution is -2.13. The van der Waals surface area contributed by atoms with Crippen LogP contribution in [0.3, 0.4) is 0 Å². The standard InChI is InChI=1S/C12H18N2O4/c1-2-10(16)5-6-13-11-7-9(8-15)3-4-12(11)14(17)18/h3-4,7,10,13,15-16H,2,5-6,8H2,1H3. The van der Waals surface area contributed by atoms with E-state index in [0.29, 0.717) is 30.6 Å². The molecule has 0 aliphatic heterocycles. The predicted octanol–water partition coefficient (Wildman–Crippen LogP) is 1.66. The zero-order chi connectivity index (χ0) is 13.5. The molecule has 1 atom stereocenters. The number of hydrogen-bond acceptors (Lipinski definition) is 5. The van der Waals surface area contributed by atoms with Crippen LogP contribution in [0.1, 0.15) is 25.3 Å². The summed E-state index contributed by atoms with van der Waals surface area (Å²) in [5.41, 5.74) is 0.951. The summed E-state index contributed by atoms with van der Waals surface area (Å²) >= 11 is 0. The summed E-state index contributed by atoms with van der Waals surface area (Å²) in [6.45, 7) is 2.16. The second kappa shape index (κ2) is 6.93. The van der Waals surface area contributed by atoms with Gasteiger partial charge in [-0.25, -0.2) is 0 Å². The van der Waals surface area contributed by atoms with Crippen molar-refractivity contribution in [1.29, 1.82) is 0 Å². The molecule has 0 amide bonds. The van der Waals surface area contributed by atoms with Gasteiger partial charge in [0.05, 0.1) is 17.6 Å². The number of nitro benzene ring substituents is 1. The van der Waals surface area contributed by atoms with Gasteiger partial charge in [-0.05, 0) is 30.5 Å². The molecular weight excluding hydrogens is 236 g/mol. The van der Waals surface area contributed by atoms with Crippen LogP contribution >= 0.6 is 0 Å². The fraction of sp³-hybridized carbons (Fsp3) is 0.500. The van der Waals surface area contributed by atoms with E-state index in [1.54, 1.807) is 6.07 Å². The summed E-state index contributed by atoms with van der Waals surface area (Å²) in [5, 5.41) is 32.2. The highest BCUT2D eigenvalue weighted by Crippen LogP contribution is 2.25. The van der Waals surface area contributed by atoms with E-state index in [0.717, 1.165) is 0 Å². The first-order valence-corrected chi connectivity index (χ1v) is 5.88. The molecule has 18 heavy (non-hydrogen) atoms. The predicted molar refractivity (Wildman–Crippen MR) is 68.4 cm³/mol. The van der Waals surface area contributed by atoms with Crippen molar-refractivity contribution in [1.82, 2.24) is 0 Å². The Kier molecular flexibility index (Phi) is 5.54. The van der Waals surface area contributed by atoms with Crippen molar-refractivity contribution in [3.8, 4) is 0 Å². The average Bonchev–Trinajstić information content (AvgIpc) is 2.37. The summed E-state index contributed by atoms with van der Waals surface area (Å²) in [7, 11) is 0. The molecule has 1 aromatic carbocycles. The first-order valence-electron chi connectivity index (χ1n) is 5.88. The van der Waals surface area contributed by atoms with Crippen LogP contribution in [0.2, 0.25) is 0 Å². The number of nitrogens with one attached hydrogen (secondary N) is 1. The monoisotopic (exact) mass is 254 g/mol. The lowest BCUT2D eigenvalue weighted by Gasteiger charge is -2.11. The molecule has 1 aromatic rings. The van der Waals surface area contributed by atoms with Gasteiger partial charge in [-0.1, -0.05) is 6.92 Å². The molecule has 0 bridgehead atoms. The molecule has 6 heteroatoms. The Labute approximate surface area is 105 Å². The Bertz CT molecular complexity index is 409. The molecule has 0 heterocycles. The number of nitrogens with zero attached hydrogens (tertiary/aromatic N) is 1. The van der Waals surface area contributed by atoms with Crippen LogP contribution in [0.15, 0.2) is 18.2 Å². The fourth-order valence-electron chi connectivity index (χ4n) is 1.56. The van der Waals surface area contributed by atoms with E-state index < -0.39 is 11.0 Å². The normalized spacial score (nSPS) is 12.2. The summed E-state index contributed by atoms with van der Waals surface area (Å²) < 4.78 is 0. The van der Waals surface area contributed by atoms with E-state index in [2.05, 4.69) is 5.32 Å². The van der Waals surface area contributed by atoms with Crippen molar-refractivity contribution in [2.45, 2.75) is 32.5 Å². The minimum Gasteiger partial charge on any atom is -0.393 e. The molecule has 0 saturated heterocycles. The Morgan fingerprint density at radius 1 is 1.50 bits per heavy atom. The van der Waals surface area contributed by atoms with E-state index in [9.17, 15) is 15.2 Å². The molecule has 0 aromatic heterocycles. The van der Waals surface area contributed by atoms with Crippen molar-refractivity contribution in [2.24, 2.45) is 0 Å². The molecule has 0 radical (unpaired) electrons. The zero-order valence-electron chi connectivity index (χ0n) is 10.3. The van der Waals surface area contributed by atoms with Crippen molar-refractivity contribution in [3.63, 3.8) is 0 Å². The topological polar surface area (TPSA) is 95.6 Å². The minimum atomic E-state index is -0.472. The number of benzene rings is 1. The van der Waals surface area contributed by atoms with Gasteiger partial charge >= 0.3 is 0 Å². The fourth-order valence-corrected chi connectivity index (χ4v) is 1.56. The maximum atomic E-state index is 10.8. The number of aliphatic hydroxyl groups excluding tert-OH is 2. The van der Waals surface area contributed by atoms with Gasteiger partial charge in [-0.15, -0.1) is 0 Å². The molecule has 1 rings (SSSR count). The summed E-state index contributed by atoms with van der Waals surface area (Å²) in [6.07, 6.45) is 0.773. The molecule has 0 aliphatic carbocycles. The third-order valence-electron chi connectivity index (χ3n) is 2.70. The maximum absolute atomic E-state index is 10.8. The van der Waals surface area contributed by atoms with Gasteiger partial charge < -0.3 is 15.5 Å². The Morgan fingerprint density at radius 3 is 2.78 bits per heavy atom. The molecule has 3 N–H and O–H groups in total. The smallest absolute Gasteiger partial charge is 0.292 e. The Hall–Kier alpha value is -1.66. The van der Waals surface area contributed by atoms with Crippen molar-refractivity contribution in [2.75, 3.05) is 11.9 Å². The number of hydrogen-bond donors (Lipinski definition) is 3. The van der Waals surface area contributed by atoms with Gasteiger partial charge in [-0.2, -0.15) is 0 Å². The second-order valence-electron chi connectivity index (χ2n) is 4.04. The second-order valence-corrected chi connectivity index (χ2v) is 4.04. The molecule has 100 valence electrons. The quantitative estimate of drug-likeness (QED) is 0.508. The van der Waals surface area contributed by atoms with Gasteiger partial charge in [-0.3, -0.25) is 10.1 Å². The van der Waals surface area contributed by atoms with Crippen molar-refractivity contribution < 1.29 is 15.1 Å². The highest BCUT2D eigenvalue weighted by atomic mass is 16.6. The molecular formula is C12H18N2O4. The van der Waals surface area contributed by atoms with Crippen LogP contribution in [0.25, 0.3) is 0 Å². The third kappa shape index (κ3) is 3.97. The average molecular weight is 254 g/mol. The number of nitro groups is 1. The van der Waals surface area contributed by atoms with Crippen molar-refractivity contribution in [3.05, 3.63) is 33.9 Å². The van der Waals surface area contributed by atoms with E-state index in [1.165, 1.54) is 12.1 Å². The minimum absolute atomic E-state index is 0.0295. The number of anilines is 1. The highest BCUT2D eigenvalue weighted by molar-refractivity contribution is 5.62. The third-order valence-corrected chi connectivity index (χ3v) is 2.70. The van der Waals surface area contributed by atoms with Gasteiger partial charge in [0.15, 0.2) is 0 Å². The van der Waals surface area contributed by atoms with Gasteiger partial charge in [0, 0.05) is 12.6 Å². The van der Waals surface area contributed by atoms with Crippen LogP contribution in [-0.2, 0) is 6.61 Å². The van der Waals surface area contributed by atoms with Gasteiger partial charge in [0.1, 0.15) is 5.69 Å². The van der Waals surface area contributed by atoms with E-state index in [1.807, 2.05) is 6.92 Å². The molecule has 1 unspecified atom stereocenters. The molecule has 6 nitrogen and oxygen atoms in total. The number of rotatable bonds is 7. The van der Waals surface area contributed by atoms with Crippen LogP contribution < -0.4 is 5.32 Å². The van der Waals surface area contributed by atoms with Crippen LogP contribution in [-0.4, -0.2) is 27.8 Å². The maximum Gasteiger partial charge on any atom is 0.292 e. The zero-order valence-corrected chi connectivity index (χ0v) is 10.3. The first kappa shape index (κ1) is 14.4. The number of aliphatic hydroxyl groups is 2. The van der Waals surface area contributed by atoms with Crippen LogP contribution in [0.4, 0.5) is 11.4 Å². The largest absolute Gasteiger partial charge is 0.393 e. The summed E-state index contributed by atoms with van der Waals surface area (Å²) in [6, 6.07) is 4.44. The van der Waals surface area contributed by atoms with Crippen LogP contribution in [0, 0.1) is 10.1 Å². The van der Waals surface area contributed by atoms with Crippen molar-refractivity contribution >= 4 is 11.4 Å². The van der Waals surface area contributed by atoms with E-state index >= 15 is 0 Å². The van der Waals surface area contributed by atoms with Gasteiger partial charge in [0.25, 0.3) is 5.69 Å². The molecule has 0 spiro atoms. The summed E-state index contributed by atoms with van der Waals surface area (Å²) in [4.78, 5) is 10.4. The summed E-state index contributed by atoms with van der Waals surface area (Å²) in [5.74, 6) is 0. The Balaban J connectivity index is 2.75. The Morgan fingerprint density at radius 2 is 2.22 bits per heavy atom. The van der Waals surface area contributed by atoms with E-state index in [-0.39, 0.29) is 12.3 Å². The molecule has 0 aliphatic rings. The lowest BCUT2D eigenvalue weighted by molar-refractivity contribution is -0.384.